The van der Waals surface area contributed by atoms with Crippen LogP contribution in [0.4, 0.5) is 0 Å². The van der Waals surface area contributed by atoms with Crippen molar-refractivity contribution in [2.45, 2.75) is 19.8 Å². The molecule has 0 radical (unpaired) electrons. The lowest BCUT2D eigenvalue weighted by Gasteiger charge is -2.03. The maximum absolute atomic E-state index is 11.1. The van der Waals surface area contributed by atoms with E-state index in [1.165, 1.54) is 0 Å². The lowest BCUT2D eigenvalue weighted by atomic mass is 10.2. The summed E-state index contributed by atoms with van der Waals surface area (Å²) in [4.78, 5) is 11.1. The standard InChI is InChI=1S/C9H13BrN2O2/c1-3-14-9(13)5-4-8-7(10)6-11-12(8)2/h6H,3-5H2,1-2H3. The minimum absolute atomic E-state index is 0.166. The molecule has 0 bridgehead atoms. The van der Waals surface area contributed by atoms with Crippen LogP contribution in [0, 0.1) is 0 Å². The zero-order valence-electron chi connectivity index (χ0n) is 8.29. The second kappa shape index (κ2) is 5.14. The average Bonchev–Trinajstić information content (AvgIpc) is 2.44. The van der Waals surface area contributed by atoms with Gasteiger partial charge in [0.15, 0.2) is 0 Å². The van der Waals surface area contributed by atoms with Gasteiger partial charge in [-0.25, -0.2) is 0 Å². The Morgan fingerprint density at radius 1 is 1.71 bits per heavy atom. The zero-order chi connectivity index (χ0) is 10.6. The molecule has 14 heavy (non-hydrogen) atoms. The summed E-state index contributed by atoms with van der Waals surface area (Å²) < 4.78 is 7.52. The summed E-state index contributed by atoms with van der Waals surface area (Å²) in [5, 5.41) is 4.06. The van der Waals surface area contributed by atoms with Crippen molar-refractivity contribution in [2.24, 2.45) is 7.05 Å². The normalized spacial score (nSPS) is 10.2. The molecule has 1 heterocycles. The third-order valence-electron chi connectivity index (χ3n) is 1.88. The van der Waals surface area contributed by atoms with Crippen molar-refractivity contribution >= 4 is 21.9 Å². The average molecular weight is 261 g/mol. The highest BCUT2D eigenvalue weighted by Crippen LogP contribution is 2.16. The van der Waals surface area contributed by atoms with E-state index in [1.807, 2.05) is 7.05 Å². The zero-order valence-corrected chi connectivity index (χ0v) is 9.87. The molecule has 1 aromatic heterocycles. The van der Waals surface area contributed by atoms with Crippen LogP contribution in [0.5, 0.6) is 0 Å². The summed E-state index contributed by atoms with van der Waals surface area (Å²) in [6, 6.07) is 0. The highest BCUT2D eigenvalue weighted by molar-refractivity contribution is 9.10. The number of esters is 1. The molecule has 0 aliphatic carbocycles. The first-order valence-corrected chi connectivity index (χ1v) is 5.26. The molecular weight excluding hydrogens is 248 g/mol. The van der Waals surface area contributed by atoms with Crippen LogP contribution in [-0.4, -0.2) is 22.4 Å². The summed E-state index contributed by atoms with van der Waals surface area (Å²) in [5.74, 6) is -0.166. The highest BCUT2D eigenvalue weighted by atomic mass is 79.9. The Kier molecular flexibility index (Phi) is 4.13. The Morgan fingerprint density at radius 2 is 2.43 bits per heavy atom. The molecule has 78 valence electrons. The molecular formula is C9H13BrN2O2. The SMILES string of the molecule is CCOC(=O)CCc1c(Br)cnn1C. The molecule has 0 N–H and O–H groups in total. The van der Waals surface area contributed by atoms with Crippen molar-refractivity contribution in [1.29, 1.82) is 0 Å². The molecule has 0 spiro atoms. The third-order valence-corrected chi connectivity index (χ3v) is 2.54. The van der Waals surface area contributed by atoms with Crippen molar-refractivity contribution in [3.05, 3.63) is 16.4 Å². The summed E-state index contributed by atoms with van der Waals surface area (Å²) in [6.45, 7) is 2.24. The van der Waals surface area contributed by atoms with E-state index in [1.54, 1.807) is 17.8 Å². The molecule has 0 atom stereocenters. The maximum atomic E-state index is 11.1. The predicted octanol–water partition coefficient (Wildman–Crippen LogP) is 1.68. The number of ether oxygens (including phenoxy) is 1. The first-order chi connectivity index (χ1) is 6.65. The molecule has 0 amide bonds. The van der Waals surface area contributed by atoms with Gasteiger partial charge in [-0.1, -0.05) is 0 Å². The fraction of sp³-hybridized carbons (Fsp3) is 0.556. The molecule has 5 heteroatoms. The van der Waals surface area contributed by atoms with Crippen LogP contribution in [-0.2, 0) is 23.0 Å². The van der Waals surface area contributed by atoms with Crippen LogP contribution in [0.25, 0.3) is 0 Å². The van der Waals surface area contributed by atoms with Gasteiger partial charge in [0.25, 0.3) is 0 Å². The first kappa shape index (κ1) is 11.2. The summed E-state index contributed by atoms with van der Waals surface area (Å²) >= 11 is 3.37. The lowest BCUT2D eigenvalue weighted by molar-refractivity contribution is -0.143. The number of aryl methyl sites for hydroxylation is 1. The Hall–Kier alpha value is -0.840. The van der Waals surface area contributed by atoms with Gasteiger partial charge in [0, 0.05) is 13.5 Å². The predicted molar refractivity (Wildman–Crippen MR) is 55.9 cm³/mol. The summed E-state index contributed by atoms with van der Waals surface area (Å²) in [5.41, 5.74) is 1.01. The molecule has 0 saturated carbocycles. The molecule has 0 unspecified atom stereocenters. The number of carbonyl (C=O) groups excluding carboxylic acids is 1. The molecule has 0 saturated heterocycles. The van der Waals surface area contributed by atoms with E-state index in [4.69, 9.17) is 4.74 Å². The van der Waals surface area contributed by atoms with Gasteiger partial charge in [-0.05, 0) is 22.9 Å². The topological polar surface area (TPSA) is 44.1 Å². The number of carbonyl (C=O) groups is 1. The van der Waals surface area contributed by atoms with Crippen LogP contribution >= 0.6 is 15.9 Å². The Balaban J connectivity index is 2.49. The Bertz CT molecular complexity index is 303. The van der Waals surface area contributed by atoms with Crippen molar-refractivity contribution < 1.29 is 9.53 Å². The number of halogens is 1. The van der Waals surface area contributed by atoms with E-state index in [9.17, 15) is 4.79 Å². The fourth-order valence-corrected chi connectivity index (χ4v) is 1.72. The van der Waals surface area contributed by atoms with E-state index < -0.39 is 0 Å². The van der Waals surface area contributed by atoms with Crippen molar-refractivity contribution in [3.8, 4) is 0 Å². The van der Waals surface area contributed by atoms with Gasteiger partial charge in [0.05, 0.1) is 29.4 Å². The van der Waals surface area contributed by atoms with Gasteiger partial charge in [-0.3, -0.25) is 9.48 Å². The number of rotatable bonds is 4. The Morgan fingerprint density at radius 3 is 2.93 bits per heavy atom. The van der Waals surface area contributed by atoms with Gasteiger partial charge in [0.2, 0.25) is 0 Å². The molecule has 0 aromatic carbocycles. The van der Waals surface area contributed by atoms with Crippen LogP contribution < -0.4 is 0 Å². The minimum Gasteiger partial charge on any atom is -0.466 e. The summed E-state index contributed by atoms with van der Waals surface area (Å²) in [7, 11) is 1.85. The van der Waals surface area contributed by atoms with Crippen LogP contribution in [0.2, 0.25) is 0 Å². The van der Waals surface area contributed by atoms with Crippen molar-refractivity contribution in [3.63, 3.8) is 0 Å². The second-order valence-electron chi connectivity index (χ2n) is 2.87. The number of hydrogen-bond donors (Lipinski definition) is 0. The maximum Gasteiger partial charge on any atom is 0.306 e. The minimum atomic E-state index is -0.166. The number of aromatic nitrogens is 2. The van der Waals surface area contributed by atoms with Gasteiger partial charge in [-0.15, -0.1) is 0 Å². The van der Waals surface area contributed by atoms with Gasteiger partial charge in [0.1, 0.15) is 0 Å². The van der Waals surface area contributed by atoms with Gasteiger partial charge in [-0.2, -0.15) is 5.10 Å². The molecule has 4 nitrogen and oxygen atoms in total. The fourth-order valence-electron chi connectivity index (χ4n) is 1.17. The van der Waals surface area contributed by atoms with Crippen LogP contribution in [0.1, 0.15) is 19.0 Å². The highest BCUT2D eigenvalue weighted by Gasteiger charge is 2.09. The van der Waals surface area contributed by atoms with Gasteiger partial charge >= 0.3 is 5.97 Å². The third kappa shape index (κ3) is 2.83. The smallest absolute Gasteiger partial charge is 0.306 e. The number of nitrogens with zero attached hydrogens (tertiary/aromatic N) is 2. The quantitative estimate of drug-likeness (QED) is 0.774. The van der Waals surface area contributed by atoms with E-state index in [0.29, 0.717) is 19.4 Å². The lowest BCUT2D eigenvalue weighted by Crippen LogP contribution is -2.07. The summed E-state index contributed by atoms with van der Waals surface area (Å²) in [6.07, 6.45) is 2.77. The van der Waals surface area contributed by atoms with Crippen molar-refractivity contribution in [2.75, 3.05) is 6.61 Å². The van der Waals surface area contributed by atoms with E-state index in [0.717, 1.165) is 10.2 Å². The Labute approximate surface area is 91.4 Å². The number of hydrogen-bond acceptors (Lipinski definition) is 3. The van der Waals surface area contributed by atoms with Gasteiger partial charge < -0.3 is 4.74 Å². The molecule has 0 aliphatic heterocycles. The second-order valence-corrected chi connectivity index (χ2v) is 3.72. The molecule has 1 aromatic rings. The van der Waals surface area contributed by atoms with E-state index in [2.05, 4.69) is 21.0 Å². The van der Waals surface area contributed by atoms with Crippen molar-refractivity contribution in [1.82, 2.24) is 9.78 Å². The molecule has 0 aliphatic rings. The van der Waals surface area contributed by atoms with E-state index in [-0.39, 0.29) is 5.97 Å². The van der Waals surface area contributed by atoms with E-state index >= 15 is 0 Å². The first-order valence-electron chi connectivity index (χ1n) is 4.47. The van der Waals surface area contributed by atoms with Crippen LogP contribution in [0.3, 0.4) is 0 Å². The molecule has 1 rings (SSSR count). The van der Waals surface area contributed by atoms with Crippen LogP contribution in [0.15, 0.2) is 10.7 Å². The molecule has 0 fully saturated rings. The largest absolute Gasteiger partial charge is 0.466 e. The monoisotopic (exact) mass is 260 g/mol.